The van der Waals surface area contributed by atoms with Crippen LogP contribution >= 0.6 is 31.9 Å². The molecule has 0 saturated heterocycles. The lowest BCUT2D eigenvalue weighted by Gasteiger charge is -2.26. The van der Waals surface area contributed by atoms with Crippen molar-refractivity contribution in [2.24, 2.45) is 0 Å². The lowest BCUT2D eigenvalue weighted by atomic mass is 10.0. The molecule has 0 radical (unpaired) electrons. The second-order valence-corrected chi connectivity index (χ2v) is 37.0. The van der Waals surface area contributed by atoms with E-state index in [-0.39, 0.29) is 6.10 Å². The second-order valence-electron chi connectivity index (χ2n) is 35.2. The van der Waals surface area contributed by atoms with E-state index < -0.39 is 0 Å². The van der Waals surface area contributed by atoms with Crippen molar-refractivity contribution in [3.05, 3.63) is 437 Å². The molecule has 24 rings (SSSR count). The van der Waals surface area contributed by atoms with Crippen molar-refractivity contribution in [3.8, 4) is 73.7 Å². The van der Waals surface area contributed by atoms with Crippen LogP contribution in [0.15, 0.2) is 436 Å². The Morgan fingerprint density at radius 1 is 0.263 bits per heavy atom. The molecule has 23 aromatic rings. The fourth-order valence-corrected chi connectivity index (χ4v) is 18.7. The second kappa shape index (κ2) is 35.5. The Bertz CT molecular complexity index is 7960. The van der Waals surface area contributed by atoms with E-state index in [1.807, 2.05) is 66.7 Å². The van der Waals surface area contributed by atoms with Gasteiger partial charge >= 0.3 is 0 Å². The van der Waals surface area contributed by atoms with E-state index in [1.165, 1.54) is 27.8 Å². The van der Waals surface area contributed by atoms with E-state index >= 15 is 0 Å². The molecule has 0 amide bonds. The van der Waals surface area contributed by atoms with Gasteiger partial charge in [-0.1, -0.05) is 225 Å². The van der Waals surface area contributed by atoms with Gasteiger partial charge in [0.15, 0.2) is 0 Å². The predicted octanol–water partition coefficient (Wildman–Crippen LogP) is 37.1. The highest BCUT2D eigenvalue weighted by molar-refractivity contribution is 9.10. The van der Waals surface area contributed by atoms with Crippen molar-refractivity contribution in [1.82, 2.24) is 0 Å². The number of furan rings is 6. The van der Waals surface area contributed by atoms with Gasteiger partial charge in [-0.25, -0.2) is 0 Å². The molecule has 17 aromatic carbocycles. The highest BCUT2D eigenvalue weighted by Crippen LogP contribution is 2.47. The molecule has 0 aliphatic carbocycles. The Kier molecular flexibility index (Phi) is 22.2. The first-order chi connectivity index (χ1) is 65.1. The molecule has 1 unspecified atom stereocenters. The molecule has 0 saturated carbocycles. The number of para-hydroxylation sites is 3. The summed E-state index contributed by atoms with van der Waals surface area (Å²) in [5.74, 6) is 7.50. The van der Waals surface area contributed by atoms with Crippen molar-refractivity contribution in [1.29, 1.82) is 0 Å². The maximum Gasteiger partial charge on any atom is 0.142 e. The fraction of sp³-hybridized carbons (Fsp3) is 0.0909. The number of benzene rings is 17. The van der Waals surface area contributed by atoms with Gasteiger partial charge in [0.25, 0.3) is 0 Å². The first-order valence-corrected chi connectivity index (χ1v) is 46.9. The number of nitrogens with one attached hydrogen (secondary N) is 1. The monoisotopic (exact) mass is 1860 g/mol. The van der Waals surface area contributed by atoms with Crippen LogP contribution in [0.2, 0.25) is 0 Å². The van der Waals surface area contributed by atoms with Crippen molar-refractivity contribution in [2.75, 3.05) is 15.1 Å². The minimum absolute atomic E-state index is 0.00562. The molecule has 7 heterocycles. The van der Waals surface area contributed by atoms with Crippen molar-refractivity contribution < 1.29 is 31.2 Å². The quantitative estimate of drug-likeness (QED) is 0.0893. The molecule has 646 valence electrons. The van der Waals surface area contributed by atoms with Crippen LogP contribution in [0.5, 0.6) is 5.75 Å². The van der Waals surface area contributed by atoms with Gasteiger partial charge in [0.1, 0.15) is 79.9 Å². The van der Waals surface area contributed by atoms with Gasteiger partial charge in [0, 0.05) is 148 Å². The van der Waals surface area contributed by atoms with E-state index in [2.05, 4.69) is 422 Å². The predicted molar refractivity (Wildman–Crippen MR) is 556 cm³/mol. The topological polar surface area (TPSA) is 107 Å². The smallest absolute Gasteiger partial charge is 0.142 e. The number of anilines is 8. The fourth-order valence-electron chi connectivity index (χ4n) is 18.1. The minimum atomic E-state index is 0.00562. The van der Waals surface area contributed by atoms with Crippen LogP contribution in [0.1, 0.15) is 93.2 Å². The molecule has 12 heteroatoms. The zero-order valence-electron chi connectivity index (χ0n) is 74.1. The van der Waals surface area contributed by atoms with Crippen molar-refractivity contribution in [2.45, 2.75) is 71.8 Å². The molecule has 133 heavy (non-hydrogen) atoms. The van der Waals surface area contributed by atoms with Crippen LogP contribution in [0.4, 0.5) is 45.5 Å². The maximum atomic E-state index is 6.79. The van der Waals surface area contributed by atoms with Crippen LogP contribution in [0.25, 0.3) is 155 Å². The van der Waals surface area contributed by atoms with Gasteiger partial charge in [-0.05, 0) is 294 Å². The van der Waals surface area contributed by atoms with Crippen molar-refractivity contribution >= 4 is 165 Å². The van der Waals surface area contributed by atoms with Crippen LogP contribution in [0.3, 0.4) is 0 Å². The summed E-state index contributed by atoms with van der Waals surface area (Å²) in [4.78, 5) is 4.62. The minimum Gasteiger partial charge on any atom is -0.485 e. The molecule has 0 spiro atoms. The number of halogens is 2. The number of nitrogens with zero attached hydrogens (tertiary/aromatic N) is 2. The SMILES string of the molecule is Brc1ccc(-c2cc3ccc4c(ccc5cc(-c6ccc(Br)cc6)oc54)c3o2)cc1.CC(C)c1ccc(N(c2ccc(-c3cc4ccccc4o3)cc2)c2ccc(-c3cc4ccc5c(ccc6cc(-c7ccc(N(c8ccc(C(C)C)cc8)c8ccc(C9Cc%10ccccc%10O9)cc8)cc7)oc65)c4o3)cc2)cc1.CC(C)c1ccc(Nc2ccc(-c3cc4ccccc4o3)cc2)cc1. The largest absolute Gasteiger partial charge is 0.485 e. The van der Waals surface area contributed by atoms with Gasteiger partial charge in [0.05, 0.1) is 0 Å². The van der Waals surface area contributed by atoms with E-state index in [9.17, 15) is 0 Å². The van der Waals surface area contributed by atoms with E-state index in [0.717, 1.165) is 222 Å². The normalized spacial score (nSPS) is 12.5. The Balaban J connectivity index is 0.000000151. The van der Waals surface area contributed by atoms with Gasteiger partial charge in [0.2, 0.25) is 0 Å². The molecular formula is C121H91Br2N3O7. The molecule has 1 aliphatic rings. The Labute approximate surface area is 787 Å². The van der Waals surface area contributed by atoms with E-state index in [1.54, 1.807) is 0 Å². The summed E-state index contributed by atoms with van der Waals surface area (Å²) in [6.07, 6.45) is 0.879. The third-order valence-corrected chi connectivity index (χ3v) is 26.6. The maximum absolute atomic E-state index is 6.79. The van der Waals surface area contributed by atoms with Gasteiger partial charge in [-0.2, -0.15) is 0 Å². The molecule has 1 N–H and O–H groups in total. The number of hydrogen-bond acceptors (Lipinski definition) is 10. The highest BCUT2D eigenvalue weighted by atomic mass is 79.9. The van der Waals surface area contributed by atoms with Crippen LogP contribution in [0, 0.1) is 0 Å². The molecule has 10 nitrogen and oxygen atoms in total. The Morgan fingerprint density at radius 2 is 0.534 bits per heavy atom. The summed E-state index contributed by atoms with van der Waals surface area (Å²) in [5.41, 5.74) is 26.4. The van der Waals surface area contributed by atoms with Gasteiger partial charge in [-0.15, -0.1) is 0 Å². The van der Waals surface area contributed by atoms with E-state index in [0.29, 0.717) is 17.8 Å². The number of rotatable bonds is 18. The zero-order chi connectivity index (χ0) is 89.9. The van der Waals surface area contributed by atoms with Gasteiger partial charge < -0.3 is 46.4 Å². The summed E-state index contributed by atoms with van der Waals surface area (Å²) in [6.45, 7) is 13.3. The molecular weight excluding hydrogens is 1770 g/mol. The Morgan fingerprint density at radius 3 is 0.865 bits per heavy atom. The number of hydrogen-bond donors (Lipinski definition) is 1. The van der Waals surface area contributed by atoms with Crippen LogP contribution < -0.4 is 19.9 Å². The molecule has 1 atom stereocenters. The third-order valence-electron chi connectivity index (χ3n) is 25.5. The summed E-state index contributed by atoms with van der Waals surface area (Å²) in [6, 6.07) is 140. The molecule has 6 aromatic heterocycles. The average Bonchev–Trinajstić information content (AvgIpc) is 1.60. The first kappa shape index (κ1) is 83.3. The number of ether oxygens (including phenoxy) is 1. The van der Waals surface area contributed by atoms with Crippen LogP contribution in [-0.4, -0.2) is 0 Å². The van der Waals surface area contributed by atoms with Crippen molar-refractivity contribution in [3.63, 3.8) is 0 Å². The molecule has 1 aliphatic heterocycles. The molecule has 0 fully saturated rings. The van der Waals surface area contributed by atoms with Crippen LogP contribution in [-0.2, 0) is 6.42 Å². The zero-order valence-corrected chi connectivity index (χ0v) is 77.3. The third kappa shape index (κ3) is 16.9. The lowest BCUT2D eigenvalue weighted by molar-refractivity contribution is 0.238. The summed E-state index contributed by atoms with van der Waals surface area (Å²) >= 11 is 6.97. The van der Waals surface area contributed by atoms with E-state index in [4.69, 9.17) is 31.2 Å². The number of fused-ring (bicyclic) bond motifs is 13. The highest BCUT2D eigenvalue weighted by Gasteiger charge is 2.27. The lowest BCUT2D eigenvalue weighted by Crippen LogP contribution is -2.11. The summed E-state index contributed by atoms with van der Waals surface area (Å²) in [7, 11) is 0. The Hall–Kier alpha value is -15.3. The molecule has 0 bridgehead atoms. The van der Waals surface area contributed by atoms with Gasteiger partial charge in [-0.3, -0.25) is 0 Å². The first-order valence-electron chi connectivity index (χ1n) is 45.3. The standard InChI is InChI=1S/C72H56N2O4.C26H14Br2O2.C23H21NO/c1-45(2)47-13-27-57(28-14-47)73(59-31-17-49(18-32-59)67-41-53-9-5-7-11-65(53)75-67)61-35-21-51(22-36-61)69-43-55-25-39-64-63(71(55)77-69)40-26-56-44-70(78-72(56)64)52-23-37-62(38-24-52)74(58-29-15-48(16-30-58)46(3)4)60-33-19-50(20-34-60)68-42-54-10-6-8-12-66(54)76-68;27-19-7-1-15(2-8-19)23-13-17-5-11-22-21(25(17)29-23)12-6-18-14-24(30-26(18)22)16-3-9-20(28)10-4-16;1-16(2)17-7-11-20(12-8-17)24-21-13-9-18(10-14-21)23-15-19-5-3-4-6-22(19)25-23/h5-41,43-46,68H,42H2,1-4H3;1-14H;3-16,24H,1-2H3. The average molecular weight is 1860 g/mol. The summed E-state index contributed by atoms with van der Waals surface area (Å²) in [5, 5.41) is 14.0. The summed E-state index contributed by atoms with van der Waals surface area (Å²) < 4.78 is 46.8.